The molecule has 0 bridgehead atoms. The van der Waals surface area contributed by atoms with E-state index in [1.54, 1.807) is 63.3 Å². The molecule has 0 spiro atoms. The highest BCUT2D eigenvalue weighted by molar-refractivity contribution is 7.98. The standard InChI is InChI=1S/C32H37FN4O4S2/c1-32(2,3)41-31(39)27(13-16-42-5)36-29(38)25-11-8-22(18-26(25)21-6-9-23(33)10-7-21)28(30-35-14-17-43-30)40-15-12-24-19-34-20-37(24)4/h6-11,14,17-20,27-28H,12-13,15-16H2,1-5H3,(H,36,38)/t27-,28?/m0/s1. The largest absolute Gasteiger partial charge is 0.458 e. The van der Waals surface area contributed by atoms with Crippen molar-refractivity contribution in [1.82, 2.24) is 19.9 Å². The molecule has 2 aromatic heterocycles. The first-order chi connectivity index (χ1) is 20.6. The fourth-order valence-electron chi connectivity index (χ4n) is 4.47. The zero-order chi connectivity index (χ0) is 31.0. The third kappa shape index (κ3) is 8.98. The van der Waals surface area contributed by atoms with Crippen LogP contribution in [0.4, 0.5) is 4.39 Å². The quantitative estimate of drug-likeness (QED) is 0.176. The van der Waals surface area contributed by atoms with Gasteiger partial charge in [-0.15, -0.1) is 11.3 Å². The number of aromatic nitrogens is 3. The molecule has 2 heterocycles. The van der Waals surface area contributed by atoms with Crippen LogP contribution in [0.15, 0.2) is 66.6 Å². The van der Waals surface area contributed by atoms with E-state index in [2.05, 4.69) is 15.3 Å². The molecular formula is C32H37FN4O4S2. The van der Waals surface area contributed by atoms with E-state index in [0.717, 1.165) is 16.3 Å². The zero-order valence-electron chi connectivity index (χ0n) is 25.0. The maximum Gasteiger partial charge on any atom is 0.329 e. The molecule has 0 saturated carbocycles. The van der Waals surface area contributed by atoms with E-state index in [-0.39, 0.29) is 5.82 Å². The SMILES string of the molecule is CSCC[C@H](NC(=O)c1ccc(C(OCCc2cncn2C)c2nccs2)cc1-c1ccc(F)cc1)C(=O)OC(C)(C)C. The number of carbonyl (C=O) groups excluding carboxylic acids is 2. The van der Waals surface area contributed by atoms with Gasteiger partial charge in [0.1, 0.15) is 28.6 Å². The van der Waals surface area contributed by atoms with E-state index >= 15 is 0 Å². The number of hydrogen-bond donors (Lipinski definition) is 1. The number of amides is 1. The van der Waals surface area contributed by atoms with Gasteiger partial charge >= 0.3 is 5.97 Å². The smallest absolute Gasteiger partial charge is 0.329 e. The van der Waals surface area contributed by atoms with Gasteiger partial charge in [-0.25, -0.2) is 19.2 Å². The number of rotatable bonds is 13. The molecule has 0 aliphatic carbocycles. The Hall–Kier alpha value is -3.54. The van der Waals surface area contributed by atoms with E-state index in [4.69, 9.17) is 9.47 Å². The van der Waals surface area contributed by atoms with Crippen molar-refractivity contribution < 1.29 is 23.5 Å². The average molecular weight is 625 g/mol. The number of nitrogens with one attached hydrogen (secondary N) is 1. The number of halogens is 1. The van der Waals surface area contributed by atoms with Crippen molar-refractivity contribution in [1.29, 1.82) is 0 Å². The van der Waals surface area contributed by atoms with Crippen LogP contribution in [0, 0.1) is 5.82 Å². The summed E-state index contributed by atoms with van der Waals surface area (Å²) in [5.74, 6) is -0.627. The molecule has 1 amide bonds. The third-order valence-corrected chi connectivity index (χ3v) is 8.05. The van der Waals surface area contributed by atoms with Crippen molar-refractivity contribution in [3.63, 3.8) is 0 Å². The number of hydrogen-bond acceptors (Lipinski definition) is 8. The number of esters is 1. The van der Waals surface area contributed by atoms with Crippen LogP contribution in [0.2, 0.25) is 0 Å². The molecule has 11 heteroatoms. The summed E-state index contributed by atoms with van der Waals surface area (Å²) in [6, 6.07) is 10.6. The number of imidazole rings is 1. The molecule has 1 N–H and O–H groups in total. The number of benzene rings is 2. The van der Waals surface area contributed by atoms with Crippen LogP contribution in [0.5, 0.6) is 0 Å². The van der Waals surface area contributed by atoms with Crippen molar-refractivity contribution >= 4 is 35.0 Å². The summed E-state index contributed by atoms with van der Waals surface area (Å²) in [5, 5.41) is 5.56. The van der Waals surface area contributed by atoms with Crippen molar-refractivity contribution in [2.45, 2.75) is 51.4 Å². The van der Waals surface area contributed by atoms with E-state index in [1.165, 1.54) is 23.5 Å². The molecule has 0 aliphatic rings. The summed E-state index contributed by atoms with van der Waals surface area (Å²) in [7, 11) is 1.94. The predicted octanol–water partition coefficient (Wildman–Crippen LogP) is 6.22. The first-order valence-corrected chi connectivity index (χ1v) is 16.2. The molecule has 0 radical (unpaired) electrons. The van der Waals surface area contributed by atoms with Gasteiger partial charge in [-0.1, -0.05) is 18.2 Å². The number of ether oxygens (including phenoxy) is 2. The zero-order valence-corrected chi connectivity index (χ0v) is 26.6. The maximum absolute atomic E-state index is 13.9. The molecule has 4 aromatic rings. The molecule has 228 valence electrons. The molecule has 2 atom stereocenters. The molecule has 0 saturated heterocycles. The molecule has 8 nitrogen and oxygen atoms in total. The minimum Gasteiger partial charge on any atom is -0.458 e. The monoisotopic (exact) mass is 624 g/mol. The summed E-state index contributed by atoms with van der Waals surface area (Å²) >= 11 is 3.06. The van der Waals surface area contributed by atoms with Gasteiger partial charge in [0.05, 0.1) is 12.9 Å². The predicted molar refractivity (Wildman–Crippen MR) is 169 cm³/mol. The fourth-order valence-corrected chi connectivity index (χ4v) is 5.65. The van der Waals surface area contributed by atoms with E-state index in [0.29, 0.717) is 41.9 Å². The van der Waals surface area contributed by atoms with Gasteiger partial charge in [0, 0.05) is 42.5 Å². The minimum absolute atomic E-state index is 0.348. The Balaban J connectivity index is 1.67. The molecule has 43 heavy (non-hydrogen) atoms. The second-order valence-corrected chi connectivity index (χ2v) is 12.9. The van der Waals surface area contributed by atoms with Crippen molar-refractivity contribution in [2.24, 2.45) is 7.05 Å². The van der Waals surface area contributed by atoms with Gasteiger partial charge in [-0.2, -0.15) is 11.8 Å². The summed E-state index contributed by atoms with van der Waals surface area (Å²) < 4.78 is 27.8. The summed E-state index contributed by atoms with van der Waals surface area (Å²) in [4.78, 5) is 35.4. The molecule has 4 rings (SSSR count). The summed E-state index contributed by atoms with van der Waals surface area (Å²) in [6.45, 7) is 5.80. The van der Waals surface area contributed by atoms with E-state index in [9.17, 15) is 14.0 Å². The Morgan fingerprint density at radius 2 is 1.93 bits per heavy atom. The maximum atomic E-state index is 13.9. The Morgan fingerprint density at radius 3 is 2.56 bits per heavy atom. The highest BCUT2D eigenvalue weighted by Gasteiger charge is 2.28. The summed E-state index contributed by atoms with van der Waals surface area (Å²) in [6.07, 6.45) is 7.82. The van der Waals surface area contributed by atoms with Crippen LogP contribution in [0.1, 0.15) is 59.9 Å². The lowest BCUT2D eigenvalue weighted by Crippen LogP contribution is -2.44. The lowest BCUT2D eigenvalue weighted by Gasteiger charge is -2.25. The topological polar surface area (TPSA) is 95.3 Å². The van der Waals surface area contributed by atoms with Gasteiger partial charge in [-0.3, -0.25) is 4.79 Å². The Labute approximate surface area is 260 Å². The first-order valence-electron chi connectivity index (χ1n) is 13.9. The summed E-state index contributed by atoms with van der Waals surface area (Å²) in [5.41, 5.74) is 2.72. The highest BCUT2D eigenvalue weighted by atomic mass is 32.2. The van der Waals surface area contributed by atoms with E-state index < -0.39 is 29.6 Å². The molecule has 0 aliphatic heterocycles. The highest BCUT2D eigenvalue weighted by Crippen LogP contribution is 2.33. The van der Waals surface area contributed by atoms with Crippen molar-refractivity contribution in [3.8, 4) is 11.1 Å². The Morgan fingerprint density at radius 1 is 1.16 bits per heavy atom. The molecule has 0 fully saturated rings. The molecular weight excluding hydrogens is 588 g/mol. The van der Waals surface area contributed by atoms with Gasteiger partial charge < -0.3 is 19.4 Å². The van der Waals surface area contributed by atoms with Crippen LogP contribution in [-0.2, 0) is 27.7 Å². The molecule has 2 aromatic carbocycles. The van der Waals surface area contributed by atoms with Crippen molar-refractivity contribution in [2.75, 3.05) is 18.6 Å². The average Bonchev–Trinajstić information content (AvgIpc) is 3.64. The minimum atomic E-state index is -0.821. The number of nitrogens with zero attached hydrogens (tertiary/aromatic N) is 3. The van der Waals surface area contributed by atoms with Gasteiger partial charge in [0.25, 0.3) is 5.91 Å². The Bertz CT molecular complexity index is 1500. The van der Waals surface area contributed by atoms with Crippen LogP contribution in [0.3, 0.4) is 0 Å². The van der Waals surface area contributed by atoms with Crippen LogP contribution in [0.25, 0.3) is 11.1 Å². The number of thioether (sulfide) groups is 1. The van der Waals surface area contributed by atoms with Gasteiger partial charge in [-0.05, 0) is 80.2 Å². The second-order valence-electron chi connectivity index (χ2n) is 11.0. The van der Waals surface area contributed by atoms with Gasteiger partial charge in [0.2, 0.25) is 0 Å². The normalized spacial score (nSPS) is 13.0. The first kappa shape index (κ1) is 32.4. The van der Waals surface area contributed by atoms with Crippen LogP contribution >= 0.6 is 23.1 Å². The Kier molecular flexibility index (Phi) is 11.1. The fraction of sp³-hybridized carbons (Fsp3) is 0.375. The van der Waals surface area contributed by atoms with Crippen LogP contribution in [-0.4, -0.2) is 56.7 Å². The second kappa shape index (κ2) is 14.8. The molecule has 1 unspecified atom stereocenters. The lowest BCUT2D eigenvalue weighted by atomic mass is 9.94. The van der Waals surface area contributed by atoms with Crippen molar-refractivity contribution in [3.05, 3.63) is 94.2 Å². The van der Waals surface area contributed by atoms with E-state index in [1.807, 2.05) is 41.6 Å². The van der Waals surface area contributed by atoms with Gasteiger partial charge in [0.15, 0.2) is 0 Å². The van der Waals surface area contributed by atoms with Crippen LogP contribution < -0.4 is 5.32 Å². The number of thiazole rings is 1. The third-order valence-electron chi connectivity index (χ3n) is 6.59. The number of aryl methyl sites for hydroxylation is 1. The number of carbonyl (C=O) groups is 2. The lowest BCUT2D eigenvalue weighted by molar-refractivity contribution is -0.157.